The molecule has 1 nitrogen and oxygen atoms in total. The van der Waals surface area contributed by atoms with Crippen LogP contribution in [0.15, 0.2) is 0 Å². The van der Waals surface area contributed by atoms with Crippen molar-refractivity contribution in [2.45, 2.75) is 156 Å². The predicted octanol–water partition coefficient (Wildman–Crippen LogP) is 6.69. The Kier molecular flexibility index (Phi) is 27.6. The van der Waals surface area contributed by atoms with Gasteiger partial charge in [-0.15, -0.1) is 0 Å². The minimum atomic E-state index is 0. The second-order valence-corrected chi connectivity index (χ2v) is 9.89. The van der Waals surface area contributed by atoms with Crippen molar-refractivity contribution >= 4 is 0 Å². The van der Waals surface area contributed by atoms with E-state index in [-0.39, 0.29) is 12.4 Å². The van der Waals surface area contributed by atoms with Gasteiger partial charge in [-0.3, -0.25) is 0 Å². The second kappa shape index (κ2) is 25.5. The quantitative estimate of drug-likeness (QED) is 0.115. The van der Waals surface area contributed by atoms with E-state index in [4.69, 9.17) is 0 Å². The third kappa shape index (κ3) is 20.2. The fourth-order valence-electron chi connectivity index (χ4n) is 4.87. The van der Waals surface area contributed by atoms with E-state index in [0.29, 0.717) is 0 Å². The van der Waals surface area contributed by atoms with E-state index in [0.717, 1.165) is 0 Å². The lowest BCUT2D eigenvalue weighted by atomic mass is 10.1. The molecule has 0 atom stereocenters. The number of unbranched alkanes of at least 4 members (excludes halogenated alkanes) is 16. The van der Waals surface area contributed by atoms with Gasteiger partial charge in [0.15, 0.2) is 0 Å². The molecule has 0 aliphatic heterocycles. The molecular weight excluding hydrogens is 386 g/mol. The largest absolute Gasteiger partial charge is 1.00 e. The molecule has 0 fully saturated rings. The zero-order valence-electron chi connectivity index (χ0n) is 21.8. The Bertz CT molecular complexity index is 275. The monoisotopic (exact) mass is 445 g/mol. The van der Waals surface area contributed by atoms with Crippen molar-refractivity contribution in [3.05, 3.63) is 0 Å². The van der Waals surface area contributed by atoms with Gasteiger partial charge in [-0.05, 0) is 51.4 Å². The average molecular weight is 446 g/mol. The standard InChI is InChI=1S/C28H60N.ClH/c1-5-9-13-17-19-23-27-29(25-21-15-11-7-3,26-22-16-12-8-4)28-24-20-18-14-10-6-2;/h5-28H2,1-4H3;1H/q+1;/p-1. The Morgan fingerprint density at radius 3 is 0.767 bits per heavy atom. The molecule has 0 unspecified atom stereocenters. The summed E-state index contributed by atoms with van der Waals surface area (Å²) in [5.41, 5.74) is 0. The number of halogens is 1. The van der Waals surface area contributed by atoms with E-state index in [1.54, 1.807) is 0 Å². The molecule has 0 amide bonds. The maximum atomic E-state index is 2.35. The smallest absolute Gasteiger partial charge is 0.0786 e. The molecule has 0 bridgehead atoms. The molecule has 0 aliphatic rings. The average Bonchev–Trinajstić information content (AvgIpc) is 2.73. The molecule has 0 saturated carbocycles. The first-order chi connectivity index (χ1) is 14.2. The lowest BCUT2D eigenvalue weighted by Crippen LogP contribution is -3.00. The van der Waals surface area contributed by atoms with Crippen LogP contribution in [0.4, 0.5) is 0 Å². The normalized spacial score (nSPS) is 11.6. The Labute approximate surface area is 199 Å². The van der Waals surface area contributed by atoms with Crippen molar-refractivity contribution in [3.63, 3.8) is 0 Å². The molecule has 0 heterocycles. The van der Waals surface area contributed by atoms with Gasteiger partial charge >= 0.3 is 0 Å². The molecule has 0 aromatic rings. The van der Waals surface area contributed by atoms with Crippen molar-refractivity contribution in [3.8, 4) is 0 Å². The van der Waals surface area contributed by atoms with Gasteiger partial charge in [-0.1, -0.05) is 105 Å². The van der Waals surface area contributed by atoms with Crippen molar-refractivity contribution in [1.82, 2.24) is 0 Å². The molecule has 0 N–H and O–H groups in total. The first-order valence-electron chi connectivity index (χ1n) is 14.1. The topological polar surface area (TPSA) is 0 Å². The van der Waals surface area contributed by atoms with E-state index in [1.807, 2.05) is 0 Å². The van der Waals surface area contributed by atoms with Gasteiger partial charge in [-0.25, -0.2) is 0 Å². The summed E-state index contributed by atoms with van der Waals surface area (Å²) in [5, 5.41) is 0. The number of hydrogen-bond acceptors (Lipinski definition) is 0. The first kappa shape index (κ1) is 32.4. The van der Waals surface area contributed by atoms with Crippen molar-refractivity contribution in [2.24, 2.45) is 0 Å². The summed E-state index contributed by atoms with van der Waals surface area (Å²) >= 11 is 0. The lowest BCUT2D eigenvalue weighted by Gasteiger charge is -2.39. The highest BCUT2D eigenvalue weighted by Gasteiger charge is 2.25. The number of quaternary nitrogens is 1. The molecule has 0 aromatic carbocycles. The van der Waals surface area contributed by atoms with Crippen LogP contribution in [-0.2, 0) is 0 Å². The summed E-state index contributed by atoms with van der Waals surface area (Å²) in [6, 6.07) is 0. The predicted molar refractivity (Wildman–Crippen MR) is 135 cm³/mol. The first-order valence-corrected chi connectivity index (χ1v) is 14.1. The molecule has 184 valence electrons. The van der Waals surface area contributed by atoms with Gasteiger partial charge in [0, 0.05) is 0 Å². The minimum Gasteiger partial charge on any atom is -1.00 e. The highest BCUT2D eigenvalue weighted by molar-refractivity contribution is 4.54. The Balaban J connectivity index is 0. The van der Waals surface area contributed by atoms with Crippen LogP contribution in [0.25, 0.3) is 0 Å². The van der Waals surface area contributed by atoms with Crippen molar-refractivity contribution in [2.75, 3.05) is 26.2 Å². The molecule has 0 aromatic heterocycles. The van der Waals surface area contributed by atoms with Gasteiger partial charge in [0.25, 0.3) is 0 Å². The van der Waals surface area contributed by atoms with Gasteiger partial charge in [0.05, 0.1) is 26.2 Å². The summed E-state index contributed by atoms with van der Waals surface area (Å²) < 4.78 is 1.47. The SMILES string of the molecule is CCCCCCCC[N+](CCCCCC)(CCCCCC)CCCCCCCC.[Cl-]. The third-order valence-electron chi connectivity index (χ3n) is 6.94. The molecule has 0 spiro atoms. The summed E-state index contributed by atoms with van der Waals surface area (Å²) in [6.07, 6.45) is 28.8. The van der Waals surface area contributed by atoms with Crippen LogP contribution in [-0.4, -0.2) is 30.7 Å². The summed E-state index contributed by atoms with van der Waals surface area (Å²) in [4.78, 5) is 0. The number of hydrogen-bond donors (Lipinski definition) is 0. The van der Waals surface area contributed by atoms with Crippen molar-refractivity contribution in [1.29, 1.82) is 0 Å². The van der Waals surface area contributed by atoms with E-state index in [2.05, 4.69) is 27.7 Å². The molecule has 0 rings (SSSR count). The maximum absolute atomic E-state index is 2.35. The summed E-state index contributed by atoms with van der Waals surface area (Å²) in [5.74, 6) is 0. The fraction of sp³-hybridized carbons (Fsp3) is 1.00. The summed E-state index contributed by atoms with van der Waals surface area (Å²) in [7, 11) is 0. The Morgan fingerprint density at radius 2 is 0.500 bits per heavy atom. The molecule has 0 aliphatic carbocycles. The maximum Gasteiger partial charge on any atom is 0.0786 e. The van der Waals surface area contributed by atoms with Crippen LogP contribution < -0.4 is 12.4 Å². The molecular formula is C28H60ClN. The van der Waals surface area contributed by atoms with Gasteiger partial charge in [0.1, 0.15) is 0 Å². The van der Waals surface area contributed by atoms with Crippen LogP contribution in [0.2, 0.25) is 0 Å². The summed E-state index contributed by atoms with van der Waals surface area (Å²) in [6.45, 7) is 15.2. The van der Waals surface area contributed by atoms with Crippen LogP contribution in [0, 0.1) is 0 Å². The molecule has 0 radical (unpaired) electrons. The van der Waals surface area contributed by atoms with Gasteiger partial charge in [0.2, 0.25) is 0 Å². The van der Waals surface area contributed by atoms with E-state index in [1.165, 1.54) is 159 Å². The van der Waals surface area contributed by atoms with E-state index >= 15 is 0 Å². The zero-order valence-corrected chi connectivity index (χ0v) is 22.6. The number of rotatable bonds is 24. The van der Waals surface area contributed by atoms with Crippen LogP contribution >= 0.6 is 0 Å². The zero-order chi connectivity index (χ0) is 21.5. The van der Waals surface area contributed by atoms with Crippen LogP contribution in [0.3, 0.4) is 0 Å². The van der Waals surface area contributed by atoms with Crippen LogP contribution in [0.5, 0.6) is 0 Å². The second-order valence-electron chi connectivity index (χ2n) is 9.89. The third-order valence-corrected chi connectivity index (χ3v) is 6.94. The fourth-order valence-corrected chi connectivity index (χ4v) is 4.87. The Hall–Kier alpha value is 0.250. The molecule has 0 saturated heterocycles. The van der Waals surface area contributed by atoms with Crippen LogP contribution in [0.1, 0.15) is 156 Å². The minimum absolute atomic E-state index is 0. The van der Waals surface area contributed by atoms with E-state index < -0.39 is 0 Å². The van der Waals surface area contributed by atoms with Gasteiger partial charge < -0.3 is 16.9 Å². The number of nitrogens with zero attached hydrogens (tertiary/aromatic N) is 1. The van der Waals surface area contributed by atoms with Crippen molar-refractivity contribution < 1.29 is 16.9 Å². The molecule has 2 heteroatoms. The van der Waals surface area contributed by atoms with E-state index in [9.17, 15) is 0 Å². The highest BCUT2D eigenvalue weighted by Crippen LogP contribution is 2.20. The Morgan fingerprint density at radius 1 is 0.300 bits per heavy atom. The highest BCUT2D eigenvalue weighted by atomic mass is 35.5. The van der Waals surface area contributed by atoms with Gasteiger partial charge in [-0.2, -0.15) is 0 Å². The lowest BCUT2D eigenvalue weighted by molar-refractivity contribution is -0.929. The molecule has 30 heavy (non-hydrogen) atoms.